The Labute approximate surface area is 99.9 Å². The molecule has 0 unspecified atom stereocenters. The molecule has 0 aliphatic carbocycles. The maximum Gasteiger partial charge on any atom is 0.223 e. The smallest absolute Gasteiger partial charge is 0.223 e. The maximum atomic E-state index is 5.42. The summed E-state index contributed by atoms with van der Waals surface area (Å²) in [4.78, 5) is 8.56. The van der Waals surface area contributed by atoms with Crippen molar-refractivity contribution >= 4 is 5.95 Å². The van der Waals surface area contributed by atoms with Crippen LogP contribution < -0.4 is 11.1 Å². The van der Waals surface area contributed by atoms with E-state index < -0.39 is 0 Å². The second-order valence-electron chi connectivity index (χ2n) is 3.51. The SMILES string of the molecule is CCn1nccc1-c1ccnc(NCCN)n1. The minimum absolute atomic E-state index is 0.556. The maximum absolute atomic E-state index is 5.42. The van der Waals surface area contributed by atoms with Gasteiger partial charge in [0.05, 0.1) is 11.4 Å². The molecule has 0 spiro atoms. The van der Waals surface area contributed by atoms with Crippen LogP contribution in [0.15, 0.2) is 24.5 Å². The van der Waals surface area contributed by atoms with E-state index in [0.717, 1.165) is 17.9 Å². The highest BCUT2D eigenvalue weighted by atomic mass is 15.3. The molecule has 0 bridgehead atoms. The first kappa shape index (κ1) is 11.5. The lowest BCUT2D eigenvalue weighted by Gasteiger charge is -2.06. The summed E-state index contributed by atoms with van der Waals surface area (Å²) < 4.78 is 1.90. The van der Waals surface area contributed by atoms with Crippen molar-refractivity contribution in [2.24, 2.45) is 5.73 Å². The Bertz CT molecular complexity index is 478. The van der Waals surface area contributed by atoms with E-state index in [1.54, 1.807) is 12.4 Å². The molecular formula is C11H16N6. The van der Waals surface area contributed by atoms with Crippen LogP contribution in [0.5, 0.6) is 0 Å². The average molecular weight is 232 g/mol. The molecular weight excluding hydrogens is 216 g/mol. The number of nitrogens with zero attached hydrogens (tertiary/aromatic N) is 4. The molecule has 0 saturated carbocycles. The van der Waals surface area contributed by atoms with Gasteiger partial charge < -0.3 is 11.1 Å². The number of nitrogens with one attached hydrogen (secondary N) is 1. The van der Waals surface area contributed by atoms with Gasteiger partial charge in [0.15, 0.2) is 0 Å². The molecule has 0 radical (unpaired) electrons. The Kier molecular flexibility index (Phi) is 3.66. The van der Waals surface area contributed by atoms with Crippen LogP contribution in [0.4, 0.5) is 5.95 Å². The van der Waals surface area contributed by atoms with Gasteiger partial charge in [-0.25, -0.2) is 9.97 Å². The molecule has 0 fully saturated rings. The van der Waals surface area contributed by atoms with Gasteiger partial charge in [-0.2, -0.15) is 5.10 Å². The van der Waals surface area contributed by atoms with Gasteiger partial charge in [-0.15, -0.1) is 0 Å². The highest BCUT2D eigenvalue weighted by Crippen LogP contribution is 2.16. The number of rotatable bonds is 5. The third-order valence-corrected chi connectivity index (χ3v) is 2.36. The van der Waals surface area contributed by atoms with Crippen molar-refractivity contribution in [3.63, 3.8) is 0 Å². The van der Waals surface area contributed by atoms with E-state index in [0.29, 0.717) is 19.0 Å². The number of anilines is 1. The minimum atomic E-state index is 0.556. The average Bonchev–Trinajstić information content (AvgIpc) is 2.85. The quantitative estimate of drug-likeness (QED) is 0.794. The van der Waals surface area contributed by atoms with Gasteiger partial charge in [-0.05, 0) is 19.1 Å². The Balaban J connectivity index is 2.26. The molecule has 0 aliphatic rings. The van der Waals surface area contributed by atoms with E-state index >= 15 is 0 Å². The monoisotopic (exact) mass is 232 g/mol. The summed E-state index contributed by atoms with van der Waals surface area (Å²) in [5.41, 5.74) is 7.27. The van der Waals surface area contributed by atoms with Crippen molar-refractivity contribution in [3.8, 4) is 11.4 Å². The Morgan fingerprint density at radius 2 is 2.24 bits per heavy atom. The number of hydrogen-bond donors (Lipinski definition) is 2. The van der Waals surface area contributed by atoms with Crippen LogP contribution in [0.3, 0.4) is 0 Å². The van der Waals surface area contributed by atoms with Gasteiger partial charge >= 0.3 is 0 Å². The van der Waals surface area contributed by atoms with Gasteiger partial charge in [0.1, 0.15) is 0 Å². The van der Waals surface area contributed by atoms with Crippen LogP contribution in [0.1, 0.15) is 6.92 Å². The predicted molar refractivity (Wildman–Crippen MR) is 66.5 cm³/mol. The van der Waals surface area contributed by atoms with Gasteiger partial charge in [0.25, 0.3) is 0 Å². The van der Waals surface area contributed by atoms with Gasteiger partial charge in [-0.3, -0.25) is 4.68 Å². The van der Waals surface area contributed by atoms with Crippen LogP contribution >= 0.6 is 0 Å². The summed E-state index contributed by atoms with van der Waals surface area (Å²) in [6.07, 6.45) is 3.50. The van der Waals surface area contributed by atoms with Gasteiger partial charge in [-0.1, -0.05) is 0 Å². The van der Waals surface area contributed by atoms with Crippen LogP contribution in [-0.2, 0) is 6.54 Å². The van der Waals surface area contributed by atoms with E-state index in [4.69, 9.17) is 5.73 Å². The molecule has 6 heteroatoms. The van der Waals surface area contributed by atoms with E-state index in [-0.39, 0.29) is 0 Å². The van der Waals surface area contributed by atoms with Crippen molar-refractivity contribution in [1.82, 2.24) is 19.7 Å². The molecule has 0 amide bonds. The molecule has 0 aromatic carbocycles. The van der Waals surface area contributed by atoms with E-state index in [1.165, 1.54) is 0 Å². The molecule has 6 nitrogen and oxygen atoms in total. The largest absolute Gasteiger partial charge is 0.353 e. The normalized spacial score (nSPS) is 10.5. The fraction of sp³-hybridized carbons (Fsp3) is 0.364. The predicted octanol–water partition coefficient (Wildman–Crippen LogP) is 0.731. The second kappa shape index (κ2) is 5.40. The van der Waals surface area contributed by atoms with Crippen LogP contribution in [0.2, 0.25) is 0 Å². The third kappa shape index (κ3) is 2.59. The molecule has 2 aromatic rings. The highest BCUT2D eigenvalue weighted by Gasteiger charge is 2.06. The first-order chi connectivity index (χ1) is 8.35. The van der Waals surface area contributed by atoms with Crippen molar-refractivity contribution in [3.05, 3.63) is 24.5 Å². The van der Waals surface area contributed by atoms with Crippen molar-refractivity contribution in [1.29, 1.82) is 0 Å². The summed E-state index contributed by atoms with van der Waals surface area (Å²) in [5.74, 6) is 0.594. The van der Waals surface area contributed by atoms with Crippen molar-refractivity contribution in [2.45, 2.75) is 13.5 Å². The number of aryl methyl sites for hydroxylation is 1. The molecule has 2 heterocycles. The lowest BCUT2D eigenvalue weighted by molar-refractivity contribution is 0.665. The number of nitrogens with two attached hydrogens (primary N) is 1. The van der Waals surface area contributed by atoms with Crippen LogP contribution in [0, 0.1) is 0 Å². The zero-order valence-corrected chi connectivity index (χ0v) is 9.80. The molecule has 0 aliphatic heterocycles. The summed E-state index contributed by atoms with van der Waals surface area (Å²) >= 11 is 0. The first-order valence-corrected chi connectivity index (χ1v) is 5.64. The summed E-state index contributed by atoms with van der Waals surface area (Å²) in [7, 11) is 0. The lowest BCUT2D eigenvalue weighted by atomic mass is 10.3. The summed E-state index contributed by atoms with van der Waals surface area (Å²) in [6, 6.07) is 3.81. The molecule has 0 atom stereocenters. The summed E-state index contributed by atoms with van der Waals surface area (Å²) in [6.45, 7) is 4.08. The van der Waals surface area contributed by atoms with Crippen molar-refractivity contribution < 1.29 is 0 Å². The van der Waals surface area contributed by atoms with Crippen LogP contribution in [-0.4, -0.2) is 32.8 Å². The Morgan fingerprint density at radius 3 is 3.00 bits per heavy atom. The zero-order chi connectivity index (χ0) is 12.1. The standard InChI is InChI=1S/C11H16N6/c1-2-17-10(4-7-15-17)9-3-6-13-11(16-9)14-8-5-12/h3-4,6-7H,2,5,8,12H2,1H3,(H,13,14,16). The summed E-state index contributed by atoms with van der Waals surface area (Å²) in [5, 5.41) is 7.28. The van der Waals surface area contributed by atoms with Crippen molar-refractivity contribution in [2.75, 3.05) is 18.4 Å². The van der Waals surface area contributed by atoms with Crippen LogP contribution in [0.25, 0.3) is 11.4 Å². The number of hydrogen-bond acceptors (Lipinski definition) is 5. The molecule has 0 saturated heterocycles. The Morgan fingerprint density at radius 1 is 1.35 bits per heavy atom. The fourth-order valence-corrected chi connectivity index (χ4v) is 1.57. The van der Waals surface area contributed by atoms with Gasteiger partial charge in [0, 0.05) is 32.0 Å². The van der Waals surface area contributed by atoms with E-state index in [9.17, 15) is 0 Å². The van der Waals surface area contributed by atoms with Gasteiger partial charge in [0.2, 0.25) is 5.95 Å². The Hall–Kier alpha value is -1.95. The second-order valence-corrected chi connectivity index (χ2v) is 3.51. The highest BCUT2D eigenvalue weighted by molar-refractivity contribution is 5.55. The first-order valence-electron chi connectivity index (χ1n) is 5.64. The molecule has 90 valence electrons. The third-order valence-electron chi connectivity index (χ3n) is 2.36. The topological polar surface area (TPSA) is 81.7 Å². The molecule has 3 N–H and O–H groups in total. The van der Waals surface area contributed by atoms with E-state index in [2.05, 4.69) is 20.4 Å². The number of aromatic nitrogens is 4. The van der Waals surface area contributed by atoms with E-state index in [1.807, 2.05) is 23.7 Å². The minimum Gasteiger partial charge on any atom is -0.353 e. The fourth-order valence-electron chi connectivity index (χ4n) is 1.57. The molecule has 2 aromatic heterocycles. The lowest BCUT2D eigenvalue weighted by Crippen LogP contribution is -2.15. The molecule has 2 rings (SSSR count). The molecule has 17 heavy (non-hydrogen) atoms. The zero-order valence-electron chi connectivity index (χ0n) is 9.80.